The average molecular weight is 1350 g/mol. The van der Waals surface area contributed by atoms with Gasteiger partial charge in [-0.15, -0.1) is 0 Å². The van der Waals surface area contributed by atoms with Crippen LogP contribution in [0.25, 0.3) is 188 Å². The van der Waals surface area contributed by atoms with Crippen molar-refractivity contribution in [2.45, 2.75) is 38.5 Å². The zero-order valence-corrected chi connectivity index (χ0v) is 59.0. The fourth-order valence-electron chi connectivity index (χ4n) is 18.5. The molecule has 20 aromatic rings. The quantitative estimate of drug-likeness (QED) is 0.145. The van der Waals surface area contributed by atoms with Gasteiger partial charge in [0.15, 0.2) is 5.82 Å². The summed E-state index contributed by atoms with van der Waals surface area (Å²) in [5.41, 5.74) is 33.4. The predicted molar refractivity (Wildman–Crippen MR) is 442 cm³/mol. The van der Waals surface area contributed by atoms with Crippen LogP contribution >= 0.6 is 0 Å². The zero-order chi connectivity index (χ0) is 70.3. The number of aromatic nitrogens is 6. The first-order valence-corrected chi connectivity index (χ1v) is 36.9. The predicted octanol–water partition coefficient (Wildman–Crippen LogP) is 25.8. The van der Waals surface area contributed by atoms with Gasteiger partial charge < -0.3 is 18.3 Å². The zero-order valence-electron chi connectivity index (χ0n) is 59.0. The van der Waals surface area contributed by atoms with Crippen LogP contribution in [0.15, 0.2) is 340 Å². The van der Waals surface area contributed by atoms with E-state index in [2.05, 4.69) is 386 Å². The third kappa shape index (κ3) is 8.85. The first kappa shape index (κ1) is 60.2. The van der Waals surface area contributed by atoms with Crippen LogP contribution in [0, 0.1) is 0 Å². The number of nitrogens with zero attached hydrogens (tertiary/aromatic N) is 6. The number of para-hydroxylation sites is 4. The lowest BCUT2D eigenvalue weighted by molar-refractivity contribution is 0.660. The minimum absolute atomic E-state index is 0.115. The van der Waals surface area contributed by atoms with Crippen LogP contribution in [0.3, 0.4) is 0 Å². The molecule has 6 heteroatoms. The first-order valence-electron chi connectivity index (χ1n) is 36.9. The number of hydrogen-bond acceptors (Lipinski definition) is 2. The maximum atomic E-state index is 5.52. The van der Waals surface area contributed by atoms with Crippen LogP contribution < -0.4 is 0 Å². The first-order chi connectivity index (χ1) is 52.1. The standard InChI is InChI=1S/C100H68N6/c1-99(2)84-33-17-11-27-72(84)74-45-43-68(58-86(74)99)103-90-35-19-13-29-76(90)80-53-63(39-47-94(80)103)65-41-49-96-82(55-65)78-31-15-21-37-92(78)105(96)70-51-67(98-101-88(61-23-7-5-8-24-61)60-89(102-98)62-25-9-6-10-26-62)52-71(57-70)106-93-38-22-16-32-79(93)83-56-66(42-50-97(83)106)64-40-48-95-81(54-64)77-30-14-20-36-91(77)104(95)69-44-46-75-73-28-12-18-34-85(73)100(3,4)87(75)59-69/h5-60H,1-4H3. The van der Waals surface area contributed by atoms with Crippen molar-refractivity contribution in [3.63, 3.8) is 0 Å². The highest BCUT2D eigenvalue weighted by Crippen LogP contribution is 2.52. The second-order valence-electron chi connectivity index (χ2n) is 30.1. The Bertz CT molecular complexity index is 6710. The normalized spacial score (nSPS) is 13.4. The van der Waals surface area contributed by atoms with Crippen LogP contribution in [0.5, 0.6) is 0 Å². The highest BCUT2D eigenvalue weighted by Gasteiger charge is 2.37. The van der Waals surface area contributed by atoms with E-state index >= 15 is 0 Å². The van der Waals surface area contributed by atoms with Crippen molar-refractivity contribution in [3.05, 3.63) is 362 Å². The molecule has 2 aliphatic rings. The highest BCUT2D eigenvalue weighted by molar-refractivity contribution is 6.15. The second kappa shape index (κ2) is 22.5. The van der Waals surface area contributed by atoms with Crippen molar-refractivity contribution in [3.8, 4) is 101 Å². The van der Waals surface area contributed by atoms with Crippen molar-refractivity contribution in [2.75, 3.05) is 0 Å². The van der Waals surface area contributed by atoms with Crippen molar-refractivity contribution < 1.29 is 0 Å². The van der Waals surface area contributed by atoms with Crippen molar-refractivity contribution in [1.29, 1.82) is 0 Å². The van der Waals surface area contributed by atoms with E-state index in [1.807, 2.05) is 0 Å². The van der Waals surface area contributed by atoms with Gasteiger partial charge >= 0.3 is 0 Å². The Morgan fingerprint density at radius 2 is 0.500 bits per heavy atom. The number of rotatable bonds is 9. The van der Waals surface area contributed by atoms with E-state index in [0.717, 1.165) is 83.8 Å². The Balaban J connectivity index is 0.703. The third-order valence-electron chi connectivity index (χ3n) is 23.5. The lowest BCUT2D eigenvalue weighted by Gasteiger charge is -2.22. The SMILES string of the molecule is CC1(C)c2ccccc2-c2ccc(-n3c4ccccc4c4cc(-c5ccc6c(c5)c5ccccc5n6-c5cc(-c6nc(-c7ccccc7)cc(-c7ccccc7)n6)cc(-n6c7ccccc7c7cc(-c8ccc9c(c8)c8ccccc8n9-c8ccc9c(c8)C(C)(C)c8ccccc8-9)ccc76)c5)ccc43)cc21. The molecule has 6 nitrogen and oxygen atoms in total. The van der Waals surface area contributed by atoms with Crippen LogP contribution in [0.2, 0.25) is 0 Å². The summed E-state index contributed by atoms with van der Waals surface area (Å²) in [7, 11) is 0. The lowest BCUT2D eigenvalue weighted by atomic mass is 9.82. The molecule has 2 aliphatic carbocycles. The molecule has 0 saturated carbocycles. The van der Waals surface area contributed by atoms with E-state index in [9.17, 15) is 0 Å². The molecule has 5 aromatic heterocycles. The monoisotopic (exact) mass is 1350 g/mol. The third-order valence-corrected chi connectivity index (χ3v) is 23.5. The summed E-state index contributed by atoms with van der Waals surface area (Å²) in [4.78, 5) is 11.0. The number of hydrogen-bond donors (Lipinski definition) is 0. The number of benzene rings is 15. The van der Waals surface area contributed by atoms with Gasteiger partial charge in [-0.1, -0.05) is 246 Å². The van der Waals surface area contributed by atoms with Crippen molar-refractivity contribution in [1.82, 2.24) is 28.2 Å². The largest absolute Gasteiger partial charge is 0.309 e. The smallest absolute Gasteiger partial charge is 0.160 e. The maximum absolute atomic E-state index is 5.52. The van der Waals surface area contributed by atoms with E-state index in [4.69, 9.17) is 9.97 Å². The van der Waals surface area contributed by atoms with E-state index in [-0.39, 0.29) is 10.8 Å². The molecule has 0 atom stereocenters. The Hall–Kier alpha value is -13.4. The molecule has 22 rings (SSSR count). The van der Waals surface area contributed by atoms with Gasteiger partial charge in [0, 0.05) is 93.4 Å². The van der Waals surface area contributed by atoms with Gasteiger partial charge in [-0.3, -0.25) is 0 Å². The van der Waals surface area contributed by atoms with Crippen LogP contribution in [0.4, 0.5) is 0 Å². The van der Waals surface area contributed by atoms with Crippen molar-refractivity contribution >= 4 is 87.2 Å². The molecular weight excluding hydrogens is 1290 g/mol. The summed E-state index contributed by atoms with van der Waals surface area (Å²) in [6.07, 6.45) is 0. The lowest BCUT2D eigenvalue weighted by Crippen LogP contribution is -2.15. The number of fused-ring (bicyclic) bond motifs is 18. The molecule has 0 N–H and O–H groups in total. The Morgan fingerprint density at radius 3 is 0.868 bits per heavy atom. The van der Waals surface area contributed by atoms with Crippen LogP contribution in [-0.2, 0) is 10.8 Å². The summed E-state index contributed by atoms with van der Waals surface area (Å²) in [5, 5.41) is 9.59. The van der Waals surface area contributed by atoms with E-state index in [0.29, 0.717) is 5.82 Å². The van der Waals surface area contributed by atoms with Gasteiger partial charge in [-0.05, 0) is 188 Å². The molecule has 0 fully saturated rings. The van der Waals surface area contributed by atoms with Crippen LogP contribution in [0.1, 0.15) is 49.9 Å². The molecule has 0 radical (unpaired) electrons. The molecule has 0 unspecified atom stereocenters. The summed E-state index contributed by atoms with van der Waals surface area (Å²) in [5.74, 6) is 0.638. The summed E-state index contributed by atoms with van der Waals surface area (Å²) in [6.45, 7) is 9.46. The summed E-state index contributed by atoms with van der Waals surface area (Å²) >= 11 is 0. The minimum Gasteiger partial charge on any atom is -0.309 e. The van der Waals surface area contributed by atoms with Gasteiger partial charge in [0.1, 0.15) is 0 Å². The molecular formula is C100H68N6. The van der Waals surface area contributed by atoms with Gasteiger partial charge in [0.2, 0.25) is 0 Å². The van der Waals surface area contributed by atoms with Gasteiger partial charge in [-0.25, -0.2) is 9.97 Å². The fraction of sp³-hybridized carbons (Fsp3) is 0.0600. The molecule has 0 aliphatic heterocycles. The summed E-state index contributed by atoms with van der Waals surface area (Å²) in [6, 6.07) is 126. The molecule has 15 aromatic carbocycles. The molecule has 0 saturated heterocycles. The van der Waals surface area contributed by atoms with E-state index < -0.39 is 0 Å². The molecule has 106 heavy (non-hydrogen) atoms. The topological polar surface area (TPSA) is 45.5 Å². The summed E-state index contributed by atoms with van der Waals surface area (Å²) < 4.78 is 9.84. The molecule has 0 spiro atoms. The van der Waals surface area contributed by atoms with Crippen molar-refractivity contribution in [2.24, 2.45) is 0 Å². The van der Waals surface area contributed by atoms with Gasteiger partial charge in [0.25, 0.3) is 0 Å². The second-order valence-corrected chi connectivity index (χ2v) is 30.1. The molecule has 498 valence electrons. The van der Waals surface area contributed by atoms with Gasteiger partial charge in [-0.2, -0.15) is 0 Å². The minimum atomic E-state index is -0.115. The Morgan fingerprint density at radius 1 is 0.198 bits per heavy atom. The molecule has 0 amide bonds. The molecule has 0 bridgehead atoms. The van der Waals surface area contributed by atoms with Gasteiger partial charge in [0.05, 0.1) is 55.5 Å². The maximum Gasteiger partial charge on any atom is 0.160 e. The Kier molecular flexibility index (Phi) is 12.8. The van der Waals surface area contributed by atoms with E-state index in [1.54, 1.807) is 0 Å². The van der Waals surface area contributed by atoms with Crippen LogP contribution in [-0.4, -0.2) is 28.2 Å². The molecule has 5 heterocycles. The fourth-order valence-corrected chi connectivity index (χ4v) is 18.5. The van der Waals surface area contributed by atoms with E-state index in [1.165, 1.54) is 121 Å². The average Bonchev–Trinajstić information content (AvgIpc) is 1.57. The Labute approximate surface area is 613 Å². The highest BCUT2D eigenvalue weighted by atomic mass is 15.0.